The number of nitrogens with zero attached hydrogens (tertiary/aromatic N) is 2. The number of carbonyl (C=O) groups is 2. The van der Waals surface area contributed by atoms with Crippen molar-refractivity contribution in [2.24, 2.45) is 0 Å². The smallest absolute Gasteiger partial charge is 0.407 e. The lowest BCUT2D eigenvalue weighted by Crippen LogP contribution is -2.28. The molecule has 0 saturated heterocycles. The molecular formula is C10H13N3O4. The normalized spacial score (nSPS) is 9.65. The van der Waals surface area contributed by atoms with Gasteiger partial charge < -0.3 is 15.2 Å². The highest BCUT2D eigenvalue weighted by molar-refractivity contribution is 5.86. The molecule has 1 rings (SSSR count). The predicted octanol–water partition coefficient (Wildman–Crippen LogP) is 0.493. The van der Waals surface area contributed by atoms with Gasteiger partial charge in [0.25, 0.3) is 0 Å². The lowest BCUT2D eigenvalue weighted by Gasteiger charge is -2.04. The molecule has 1 aromatic rings. The zero-order chi connectivity index (χ0) is 12.7. The van der Waals surface area contributed by atoms with E-state index < -0.39 is 12.1 Å². The number of alkyl carbamates (subject to hydrolysis) is 1. The number of carbonyl (C=O) groups excluding carboxylic acids is 1. The topological polar surface area (TPSA) is 93.5 Å². The molecule has 0 atom stereocenters. The van der Waals surface area contributed by atoms with Gasteiger partial charge in [0.2, 0.25) is 0 Å². The van der Waals surface area contributed by atoms with E-state index in [1.54, 1.807) is 0 Å². The molecule has 2 N–H and O–H groups in total. The molecule has 7 nitrogen and oxygen atoms in total. The summed E-state index contributed by atoms with van der Waals surface area (Å²) in [6.07, 6.45) is 3.56. The van der Waals surface area contributed by atoms with Crippen LogP contribution in [0.25, 0.3) is 0 Å². The number of aromatic carboxylic acids is 1. The average molecular weight is 239 g/mol. The van der Waals surface area contributed by atoms with Gasteiger partial charge in [-0.15, -0.1) is 0 Å². The molecule has 0 aliphatic rings. The Hall–Kier alpha value is -2.31. The highest BCUT2D eigenvalue weighted by atomic mass is 16.5. The average Bonchev–Trinajstić information content (AvgIpc) is 2.75. The molecule has 0 aliphatic heterocycles. The van der Waals surface area contributed by atoms with Crippen LogP contribution < -0.4 is 5.32 Å². The Labute approximate surface area is 97.7 Å². The summed E-state index contributed by atoms with van der Waals surface area (Å²) in [5.74, 6) is -1.03. The first-order valence-corrected chi connectivity index (χ1v) is 4.90. The number of amides is 1. The number of carboxylic acids is 1. The van der Waals surface area contributed by atoms with E-state index in [1.807, 2.05) is 0 Å². The fourth-order valence-corrected chi connectivity index (χ4v) is 1.05. The molecule has 0 spiro atoms. The Morgan fingerprint density at radius 2 is 2.41 bits per heavy atom. The minimum Gasteiger partial charge on any atom is -0.478 e. The van der Waals surface area contributed by atoms with Gasteiger partial charge in [0.15, 0.2) is 0 Å². The van der Waals surface area contributed by atoms with Gasteiger partial charge in [0.05, 0.1) is 18.3 Å². The summed E-state index contributed by atoms with van der Waals surface area (Å²) in [4.78, 5) is 21.6. The Balaban J connectivity index is 2.28. The third-order valence-electron chi connectivity index (χ3n) is 1.82. The highest BCUT2D eigenvalue weighted by Crippen LogP contribution is 1.96. The Morgan fingerprint density at radius 3 is 3.00 bits per heavy atom. The Kier molecular flexibility index (Phi) is 4.74. The van der Waals surface area contributed by atoms with Crippen molar-refractivity contribution in [2.75, 3.05) is 13.2 Å². The summed E-state index contributed by atoms with van der Waals surface area (Å²) in [7, 11) is 0. The fourth-order valence-electron chi connectivity index (χ4n) is 1.05. The van der Waals surface area contributed by atoms with Crippen molar-refractivity contribution in [2.45, 2.75) is 6.54 Å². The molecule has 0 bridgehead atoms. The minimum absolute atomic E-state index is 0.110. The molecule has 1 heterocycles. The third kappa shape index (κ3) is 4.37. The lowest BCUT2D eigenvalue weighted by molar-refractivity contribution is 0.0696. The predicted molar refractivity (Wildman–Crippen MR) is 58.7 cm³/mol. The standard InChI is InChI=1S/C10H13N3O4/c1-2-5-17-10(16)11-3-4-13-7-8(6-12-13)9(14)15/h2,6-7H,1,3-5H2,(H,11,16)(H,14,15). The molecular weight excluding hydrogens is 226 g/mol. The van der Waals surface area contributed by atoms with Gasteiger partial charge in [-0.2, -0.15) is 5.10 Å². The van der Waals surface area contributed by atoms with Gasteiger partial charge in [0, 0.05) is 12.7 Å². The maximum Gasteiger partial charge on any atom is 0.407 e. The van der Waals surface area contributed by atoms with Crippen molar-refractivity contribution in [3.8, 4) is 0 Å². The second-order valence-corrected chi connectivity index (χ2v) is 3.11. The van der Waals surface area contributed by atoms with Crippen LogP contribution in [-0.2, 0) is 11.3 Å². The van der Waals surface area contributed by atoms with E-state index in [0.717, 1.165) is 0 Å². The lowest BCUT2D eigenvalue weighted by atomic mass is 10.4. The van der Waals surface area contributed by atoms with Crippen molar-refractivity contribution in [3.63, 3.8) is 0 Å². The van der Waals surface area contributed by atoms with Crippen LogP contribution in [0.2, 0.25) is 0 Å². The van der Waals surface area contributed by atoms with Gasteiger partial charge >= 0.3 is 12.1 Å². The molecule has 0 fully saturated rings. The van der Waals surface area contributed by atoms with E-state index in [-0.39, 0.29) is 12.2 Å². The summed E-state index contributed by atoms with van der Waals surface area (Å²) in [6.45, 7) is 4.23. The summed E-state index contributed by atoms with van der Waals surface area (Å²) >= 11 is 0. The van der Waals surface area contributed by atoms with Crippen LogP contribution in [0.3, 0.4) is 0 Å². The van der Waals surface area contributed by atoms with E-state index in [1.165, 1.54) is 23.2 Å². The van der Waals surface area contributed by atoms with Crippen molar-refractivity contribution in [3.05, 3.63) is 30.6 Å². The number of hydrogen-bond donors (Lipinski definition) is 2. The molecule has 0 radical (unpaired) electrons. The first-order chi connectivity index (χ1) is 8.13. The first-order valence-electron chi connectivity index (χ1n) is 4.90. The molecule has 0 aliphatic carbocycles. The monoisotopic (exact) mass is 239 g/mol. The van der Waals surface area contributed by atoms with Crippen molar-refractivity contribution < 1.29 is 19.4 Å². The minimum atomic E-state index is -1.03. The van der Waals surface area contributed by atoms with Gasteiger partial charge in [-0.05, 0) is 0 Å². The van der Waals surface area contributed by atoms with Crippen LogP contribution >= 0.6 is 0 Å². The van der Waals surface area contributed by atoms with Crippen LogP contribution in [0.4, 0.5) is 4.79 Å². The maximum absolute atomic E-state index is 11.0. The van der Waals surface area contributed by atoms with Crippen LogP contribution in [0.5, 0.6) is 0 Å². The van der Waals surface area contributed by atoms with Gasteiger partial charge in [0.1, 0.15) is 6.61 Å². The number of ether oxygens (including phenoxy) is 1. The second-order valence-electron chi connectivity index (χ2n) is 3.11. The maximum atomic E-state index is 11.0. The number of hydrogen-bond acceptors (Lipinski definition) is 4. The summed E-state index contributed by atoms with van der Waals surface area (Å²) in [5, 5.41) is 15.0. The summed E-state index contributed by atoms with van der Waals surface area (Å²) in [5.41, 5.74) is 0.110. The van der Waals surface area contributed by atoms with Crippen molar-refractivity contribution in [1.29, 1.82) is 0 Å². The molecule has 7 heteroatoms. The molecule has 17 heavy (non-hydrogen) atoms. The zero-order valence-corrected chi connectivity index (χ0v) is 9.13. The number of rotatable bonds is 6. The molecule has 1 aromatic heterocycles. The Morgan fingerprint density at radius 1 is 1.65 bits per heavy atom. The molecule has 0 unspecified atom stereocenters. The molecule has 92 valence electrons. The SMILES string of the molecule is C=CCOC(=O)NCCn1cc(C(=O)O)cn1. The number of aromatic nitrogens is 2. The molecule has 1 amide bonds. The number of nitrogens with one attached hydrogen (secondary N) is 1. The highest BCUT2D eigenvalue weighted by Gasteiger charge is 2.06. The van der Waals surface area contributed by atoms with E-state index >= 15 is 0 Å². The summed E-state index contributed by atoms with van der Waals surface area (Å²) < 4.78 is 6.11. The van der Waals surface area contributed by atoms with E-state index in [0.29, 0.717) is 13.1 Å². The zero-order valence-electron chi connectivity index (χ0n) is 9.13. The molecule has 0 saturated carbocycles. The second kappa shape index (κ2) is 6.31. The van der Waals surface area contributed by atoms with E-state index in [4.69, 9.17) is 5.11 Å². The number of carboxylic acid groups (broad SMARTS) is 1. The van der Waals surface area contributed by atoms with Gasteiger partial charge in [-0.25, -0.2) is 9.59 Å². The van der Waals surface area contributed by atoms with Gasteiger partial charge in [-0.3, -0.25) is 4.68 Å². The molecule has 0 aromatic carbocycles. The van der Waals surface area contributed by atoms with Gasteiger partial charge in [-0.1, -0.05) is 12.7 Å². The fraction of sp³-hybridized carbons (Fsp3) is 0.300. The summed E-state index contributed by atoms with van der Waals surface area (Å²) in [6, 6.07) is 0. The van der Waals surface area contributed by atoms with Crippen LogP contribution in [0.1, 0.15) is 10.4 Å². The Bertz CT molecular complexity index is 413. The third-order valence-corrected chi connectivity index (χ3v) is 1.82. The van der Waals surface area contributed by atoms with E-state index in [2.05, 4.69) is 21.7 Å². The van der Waals surface area contributed by atoms with Crippen LogP contribution in [0, 0.1) is 0 Å². The first kappa shape index (κ1) is 12.8. The van der Waals surface area contributed by atoms with Crippen molar-refractivity contribution in [1.82, 2.24) is 15.1 Å². The quantitative estimate of drug-likeness (QED) is 0.705. The van der Waals surface area contributed by atoms with Crippen LogP contribution in [0.15, 0.2) is 25.0 Å². The van der Waals surface area contributed by atoms with Crippen molar-refractivity contribution >= 4 is 12.1 Å². The van der Waals surface area contributed by atoms with Crippen LogP contribution in [-0.4, -0.2) is 40.1 Å². The largest absolute Gasteiger partial charge is 0.478 e. The van der Waals surface area contributed by atoms with E-state index in [9.17, 15) is 9.59 Å².